The Morgan fingerprint density at radius 3 is 3.18 bits per heavy atom. The molecule has 0 aromatic heterocycles. The van der Waals surface area contributed by atoms with E-state index in [2.05, 4.69) is 31.3 Å². The third-order valence-electron chi connectivity index (χ3n) is 2.82. The van der Waals surface area contributed by atoms with E-state index in [0.717, 1.165) is 19.6 Å². The number of fused-ring (bicyclic) bond motifs is 1. The molecule has 0 amide bonds. The van der Waals surface area contributed by atoms with Crippen LogP contribution in [-0.2, 0) is 4.74 Å². The Morgan fingerprint density at radius 2 is 2.55 bits per heavy atom. The average molecular weight is 268 g/mol. The van der Waals surface area contributed by atoms with Crippen LogP contribution in [-0.4, -0.2) is 42.0 Å². The van der Waals surface area contributed by atoms with Gasteiger partial charge in [0.15, 0.2) is 0 Å². The van der Waals surface area contributed by atoms with Gasteiger partial charge < -0.3 is 10.1 Å². The van der Waals surface area contributed by atoms with E-state index in [1.807, 2.05) is 7.11 Å². The molecule has 2 aliphatic heterocycles. The summed E-state index contributed by atoms with van der Waals surface area (Å²) in [7, 11) is 1.83. The minimum Gasteiger partial charge on any atom is -0.375 e. The van der Waals surface area contributed by atoms with E-state index in [-0.39, 0.29) is 5.60 Å². The zero-order valence-electron chi connectivity index (χ0n) is 6.64. The molecule has 2 heterocycles. The number of rotatable bonds is 1. The third-order valence-corrected chi connectivity index (χ3v) is 3.56. The van der Waals surface area contributed by atoms with Gasteiger partial charge in [-0.1, -0.05) is 0 Å². The summed E-state index contributed by atoms with van der Waals surface area (Å²) >= 11 is 2.38. The minimum absolute atomic E-state index is 0.126. The summed E-state index contributed by atoms with van der Waals surface area (Å²) in [6, 6.07) is 0. The van der Waals surface area contributed by atoms with Crippen LogP contribution in [0, 0.1) is 5.92 Å². The second-order valence-corrected chi connectivity index (χ2v) is 4.76. The second kappa shape index (κ2) is 2.83. The van der Waals surface area contributed by atoms with E-state index in [0.29, 0.717) is 5.92 Å². The lowest BCUT2D eigenvalue weighted by Gasteiger charge is -2.25. The number of hydrogen-bond donors (Lipinski definition) is 1. The van der Waals surface area contributed by atoms with Gasteiger partial charge in [0.05, 0.1) is 5.60 Å². The van der Waals surface area contributed by atoms with Crippen molar-refractivity contribution in [2.75, 3.05) is 33.3 Å². The fourth-order valence-electron chi connectivity index (χ4n) is 2.10. The van der Waals surface area contributed by atoms with Gasteiger partial charge in [0.1, 0.15) is 0 Å². The topological polar surface area (TPSA) is 24.5 Å². The van der Waals surface area contributed by atoms with Crippen LogP contribution >= 0.6 is 22.9 Å². The van der Waals surface area contributed by atoms with Gasteiger partial charge in [-0.05, 0) is 0 Å². The largest absolute Gasteiger partial charge is 0.375 e. The zero-order valence-corrected chi connectivity index (χ0v) is 8.80. The minimum atomic E-state index is 0.126. The smallest absolute Gasteiger partial charge is 0.0989 e. The summed E-state index contributed by atoms with van der Waals surface area (Å²) in [4.78, 5) is 0. The quantitative estimate of drug-likeness (QED) is 0.545. The predicted molar refractivity (Wildman–Crippen MR) is 51.7 cm³/mol. The summed E-state index contributed by atoms with van der Waals surface area (Å²) in [6.07, 6.45) is 0. The predicted octanol–water partition coefficient (Wildman–Crippen LogP) is 0.257. The highest BCUT2D eigenvalue weighted by Gasteiger charge is 2.49. The average Bonchev–Trinajstić information content (AvgIpc) is 2.43. The first-order chi connectivity index (χ1) is 5.27. The van der Waals surface area contributed by atoms with Gasteiger partial charge in [0.2, 0.25) is 0 Å². The van der Waals surface area contributed by atoms with Gasteiger partial charge in [-0.3, -0.25) is 0 Å². The molecule has 0 spiro atoms. The first kappa shape index (κ1) is 8.22. The Hall–Kier alpha value is 0.610. The van der Waals surface area contributed by atoms with E-state index in [4.69, 9.17) is 4.74 Å². The highest BCUT2D eigenvalue weighted by atomic mass is 127. The van der Waals surface area contributed by atoms with Crippen molar-refractivity contribution in [2.45, 2.75) is 5.60 Å². The van der Waals surface area contributed by atoms with E-state index in [1.54, 1.807) is 0 Å². The Balaban J connectivity index is 2.15. The second-order valence-electron chi connectivity index (χ2n) is 3.40. The molecule has 1 N–H and O–H groups in total. The highest BCUT2D eigenvalue weighted by molar-refractivity contribution is 14.1. The van der Waals surface area contributed by atoms with Crippen LogP contribution in [0.25, 0.3) is 0 Å². The maximum Gasteiger partial charge on any atom is 0.0989 e. The Kier molecular flexibility index (Phi) is 2.11. The maximum atomic E-state index is 5.58. The van der Waals surface area contributed by atoms with Crippen LogP contribution in [0.3, 0.4) is 0 Å². The number of nitrogens with zero attached hydrogens (tertiary/aromatic N) is 1. The highest BCUT2D eigenvalue weighted by Crippen LogP contribution is 2.35. The molecular weight excluding hydrogens is 255 g/mol. The monoisotopic (exact) mass is 268 g/mol. The van der Waals surface area contributed by atoms with Gasteiger partial charge >= 0.3 is 0 Å². The summed E-state index contributed by atoms with van der Waals surface area (Å²) in [5.74, 6) is 0.699. The molecule has 2 unspecified atom stereocenters. The third kappa shape index (κ3) is 1.20. The molecule has 2 aliphatic rings. The lowest BCUT2D eigenvalue weighted by molar-refractivity contribution is -0.00152. The van der Waals surface area contributed by atoms with Crippen LogP contribution in [0.1, 0.15) is 0 Å². The molecule has 2 saturated heterocycles. The summed E-state index contributed by atoms with van der Waals surface area (Å²) in [5, 5.41) is 3.38. The van der Waals surface area contributed by atoms with Crippen LogP contribution < -0.4 is 5.32 Å². The van der Waals surface area contributed by atoms with Gasteiger partial charge in [-0.25, -0.2) is 3.11 Å². The molecule has 2 rings (SSSR count). The fraction of sp³-hybridized carbons (Fsp3) is 1.00. The van der Waals surface area contributed by atoms with Gasteiger partial charge in [0.25, 0.3) is 0 Å². The standard InChI is InChI=1S/C7H13IN2O/c1-11-7-4-9-2-6(7)3-10(8)5-7/h6,9H,2-5H2,1H3. The first-order valence-electron chi connectivity index (χ1n) is 3.93. The van der Waals surface area contributed by atoms with Crippen LogP contribution in [0.4, 0.5) is 0 Å². The number of nitrogens with one attached hydrogen (secondary N) is 1. The van der Waals surface area contributed by atoms with E-state index >= 15 is 0 Å². The molecule has 11 heavy (non-hydrogen) atoms. The normalized spacial score (nSPS) is 44.7. The van der Waals surface area contributed by atoms with Crippen LogP contribution in [0.15, 0.2) is 0 Å². The molecule has 0 radical (unpaired) electrons. The van der Waals surface area contributed by atoms with Crippen molar-refractivity contribution in [3.8, 4) is 0 Å². The van der Waals surface area contributed by atoms with E-state index in [1.165, 1.54) is 6.54 Å². The molecule has 2 fully saturated rings. The molecule has 3 nitrogen and oxygen atoms in total. The van der Waals surface area contributed by atoms with Crippen molar-refractivity contribution in [1.29, 1.82) is 0 Å². The lowest BCUT2D eigenvalue weighted by Crippen LogP contribution is -2.40. The number of ether oxygens (including phenoxy) is 1. The van der Waals surface area contributed by atoms with Gasteiger partial charge in [-0.15, -0.1) is 0 Å². The molecule has 2 atom stereocenters. The molecule has 0 aromatic carbocycles. The fourth-order valence-corrected chi connectivity index (χ4v) is 3.15. The molecule has 0 saturated carbocycles. The number of methoxy groups -OCH3 is 1. The van der Waals surface area contributed by atoms with Crippen LogP contribution in [0.5, 0.6) is 0 Å². The SMILES string of the molecule is COC12CNCC1CN(I)C2. The Morgan fingerprint density at radius 1 is 1.73 bits per heavy atom. The molecule has 64 valence electrons. The van der Waals surface area contributed by atoms with Crippen molar-refractivity contribution in [2.24, 2.45) is 5.92 Å². The van der Waals surface area contributed by atoms with Crippen molar-refractivity contribution >= 4 is 22.9 Å². The van der Waals surface area contributed by atoms with E-state index in [9.17, 15) is 0 Å². The maximum absolute atomic E-state index is 5.58. The van der Waals surface area contributed by atoms with Crippen molar-refractivity contribution in [3.05, 3.63) is 0 Å². The summed E-state index contributed by atoms with van der Waals surface area (Å²) in [5.41, 5.74) is 0.126. The zero-order chi connectivity index (χ0) is 7.90. The molecular formula is C7H13IN2O. The van der Waals surface area contributed by atoms with Crippen molar-refractivity contribution in [3.63, 3.8) is 0 Å². The van der Waals surface area contributed by atoms with Gasteiger partial charge in [0, 0.05) is 62.1 Å². The van der Waals surface area contributed by atoms with Crippen LogP contribution in [0.2, 0.25) is 0 Å². The molecule has 0 aliphatic carbocycles. The molecule has 0 aromatic rings. The number of halogens is 1. The number of hydrogen-bond acceptors (Lipinski definition) is 3. The summed E-state index contributed by atoms with van der Waals surface area (Å²) in [6.45, 7) is 4.38. The van der Waals surface area contributed by atoms with Crippen molar-refractivity contribution in [1.82, 2.24) is 8.43 Å². The first-order valence-corrected chi connectivity index (χ1v) is 4.90. The molecule has 4 heteroatoms. The summed E-state index contributed by atoms with van der Waals surface area (Å²) < 4.78 is 7.91. The Bertz CT molecular complexity index is 167. The lowest BCUT2D eigenvalue weighted by atomic mass is 9.95. The van der Waals surface area contributed by atoms with Crippen molar-refractivity contribution < 1.29 is 4.74 Å². The van der Waals surface area contributed by atoms with Gasteiger partial charge in [-0.2, -0.15) is 0 Å². The van der Waals surface area contributed by atoms with E-state index < -0.39 is 0 Å². The molecule has 0 bridgehead atoms. The Labute approximate surface area is 81.0 Å².